The Labute approximate surface area is 110 Å². The molecule has 0 saturated carbocycles. The molecule has 0 aliphatic carbocycles. The summed E-state index contributed by atoms with van der Waals surface area (Å²) >= 11 is 1.57. The van der Waals surface area contributed by atoms with Crippen LogP contribution < -0.4 is 0 Å². The van der Waals surface area contributed by atoms with Gasteiger partial charge in [-0.05, 0) is 25.0 Å². The first-order valence-corrected chi connectivity index (χ1v) is 6.62. The Bertz CT molecular complexity index is 575. The lowest BCUT2D eigenvalue weighted by Crippen LogP contribution is -1.96. The van der Waals surface area contributed by atoms with E-state index in [4.69, 9.17) is 5.11 Å². The molecule has 0 bridgehead atoms. The largest absolute Gasteiger partial charge is 0.481 e. The molecule has 0 aliphatic heterocycles. The van der Waals surface area contributed by atoms with Crippen LogP contribution in [0.15, 0.2) is 24.4 Å². The van der Waals surface area contributed by atoms with E-state index < -0.39 is 5.97 Å². The van der Waals surface area contributed by atoms with Gasteiger partial charge in [0, 0.05) is 12.6 Å². The Balaban J connectivity index is 2.21. The van der Waals surface area contributed by atoms with E-state index in [0.717, 1.165) is 9.88 Å². The van der Waals surface area contributed by atoms with Crippen molar-refractivity contribution in [1.29, 1.82) is 0 Å². The summed E-state index contributed by atoms with van der Waals surface area (Å²) in [6.07, 6.45) is 2.48. The Hall–Kier alpha value is -1.68. The molecular formula is C14H15NO2S. The smallest absolute Gasteiger partial charge is 0.303 e. The highest BCUT2D eigenvalue weighted by atomic mass is 32.1. The SMILES string of the molecule is Cc1ccc(-c2cnc(CCC(=O)O)s2)c(C)c1. The summed E-state index contributed by atoms with van der Waals surface area (Å²) in [6, 6.07) is 6.32. The minimum atomic E-state index is -0.779. The molecule has 0 radical (unpaired) electrons. The van der Waals surface area contributed by atoms with Gasteiger partial charge in [-0.3, -0.25) is 4.79 Å². The number of benzene rings is 1. The molecule has 18 heavy (non-hydrogen) atoms. The van der Waals surface area contributed by atoms with E-state index >= 15 is 0 Å². The fraction of sp³-hybridized carbons (Fsp3) is 0.286. The van der Waals surface area contributed by atoms with Crippen molar-refractivity contribution in [3.05, 3.63) is 40.5 Å². The summed E-state index contributed by atoms with van der Waals surface area (Å²) in [5.74, 6) is -0.779. The van der Waals surface area contributed by atoms with Crippen LogP contribution in [-0.4, -0.2) is 16.1 Å². The van der Waals surface area contributed by atoms with E-state index in [-0.39, 0.29) is 6.42 Å². The molecule has 4 heteroatoms. The fourth-order valence-electron chi connectivity index (χ4n) is 1.85. The van der Waals surface area contributed by atoms with Gasteiger partial charge in [0.15, 0.2) is 0 Å². The van der Waals surface area contributed by atoms with Crippen LogP contribution in [0.2, 0.25) is 0 Å². The number of thiazole rings is 1. The number of carboxylic acids is 1. The highest BCUT2D eigenvalue weighted by Crippen LogP contribution is 2.29. The van der Waals surface area contributed by atoms with E-state index in [0.29, 0.717) is 6.42 Å². The fourth-order valence-corrected chi connectivity index (χ4v) is 2.86. The number of aromatic nitrogens is 1. The summed E-state index contributed by atoms with van der Waals surface area (Å²) < 4.78 is 0. The molecule has 0 saturated heterocycles. The summed E-state index contributed by atoms with van der Waals surface area (Å²) in [4.78, 5) is 15.9. The molecule has 2 aromatic rings. The van der Waals surface area contributed by atoms with Crippen molar-refractivity contribution >= 4 is 17.3 Å². The summed E-state index contributed by atoms with van der Waals surface area (Å²) in [5.41, 5.74) is 3.65. The molecule has 0 atom stereocenters. The minimum Gasteiger partial charge on any atom is -0.481 e. The van der Waals surface area contributed by atoms with Gasteiger partial charge >= 0.3 is 5.97 Å². The topological polar surface area (TPSA) is 50.2 Å². The molecule has 1 aromatic carbocycles. The van der Waals surface area contributed by atoms with Gasteiger partial charge < -0.3 is 5.11 Å². The standard InChI is InChI=1S/C14H15NO2S/c1-9-3-4-11(10(2)7-9)12-8-15-13(18-12)5-6-14(16)17/h3-4,7-8H,5-6H2,1-2H3,(H,16,17). The highest BCUT2D eigenvalue weighted by Gasteiger charge is 2.08. The lowest BCUT2D eigenvalue weighted by Gasteiger charge is -2.03. The number of hydrogen-bond acceptors (Lipinski definition) is 3. The maximum absolute atomic E-state index is 10.5. The summed E-state index contributed by atoms with van der Waals surface area (Å²) in [7, 11) is 0. The molecule has 1 aromatic heterocycles. The van der Waals surface area contributed by atoms with Gasteiger partial charge in [-0.25, -0.2) is 4.98 Å². The lowest BCUT2D eigenvalue weighted by atomic mass is 10.1. The van der Waals surface area contributed by atoms with E-state index in [2.05, 4.69) is 37.0 Å². The van der Waals surface area contributed by atoms with Gasteiger partial charge in [0.25, 0.3) is 0 Å². The lowest BCUT2D eigenvalue weighted by molar-refractivity contribution is -0.136. The number of nitrogens with zero attached hydrogens (tertiary/aromatic N) is 1. The Morgan fingerprint density at radius 3 is 2.83 bits per heavy atom. The van der Waals surface area contributed by atoms with Gasteiger partial charge in [0.1, 0.15) is 0 Å². The van der Waals surface area contributed by atoms with Crippen LogP contribution in [0.3, 0.4) is 0 Å². The van der Waals surface area contributed by atoms with Crippen LogP contribution >= 0.6 is 11.3 Å². The zero-order valence-corrected chi connectivity index (χ0v) is 11.3. The maximum Gasteiger partial charge on any atom is 0.303 e. The van der Waals surface area contributed by atoms with Crippen molar-refractivity contribution in [2.75, 3.05) is 0 Å². The molecule has 0 spiro atoms. The third-order valence-electron chi connectivity index (χ3n) is 2.75. The van der Waals surface area contributed by atoms with E-state index in [9.17, 15) is 4.79 Å². The molecular weight excluding hydrogens is 246 g/mol. The van der Waals surface area contributed by atoms with E-state index in [1.807, 2.05) is 6.20 Å². The van der Waals surface area contributed by atoms with Gasteiger partial charge in [-0.15, -0.1) is 11.3 Å². The van der Waals surface area contributed by atoms with Crippen LogP contribution in [0.25, 0.3) is 10.4 Å². The highest BCUT2D eigenvalue weighted by molar-refractivity contribution is 7.15. The Morgan fingerprint density at radius 1 is 1.39 bits per heavy atom. The second-order valence-electron chi connectivity index (χ2n) is 4.33. The van der Waals surface area contributed by atoms with Gasteiger partial charge in [0.2, 0.25) is 0 Å². The summed E-state index contributed by atoms with van der Waals surface area (Å²) in [5, 5.41) is 9.53. The first kappa shape index (κ1) is 12.8. The van der Waals surface area contributed by atoms with E-state index in [1.165, 1.54) is 16.7 Å². The molecule has 0 amide bonds. The predicted molar refractivity (Wildman–Crippen MR) is 73.0 cm³/mol. The number of aryl methyl sites for hydroxylation is 3. The summed E-state index contributed by atoms with van der Waals surface area (Å²) in [6.45, 7) is 4.15. The average Bonchev–Trinajstić information content (AvgIpc) is 2.75. The molecule has 3 nitrogen and oxygen atoms in total. The average molecular weight is 261 g/mol. The molecule has 94 valence electrons. The van der Waals surface area contributed by atoms with Crippen LogP contribution in [0.4, 0.5) is 0 Å². The molecule has 1 N–H and O–H groups in total. The number of hydrogen-bond donors (Lipinski definition) is 1. The van der Waals surface area contributed by atoms with Crippen LogP contribution in [0.1, 0.15) is 22.6 Å². The predicted octanol–water partition coefficient (Wildman–Crippen LogP) is 3.44. The van der Waals surface area contributed by atoms with Gasteiger partial charge in [-0.2, -0.15) is 0 Å². The first-order valence-electron chi connectivity index (χ1n) is 5.80. The normalized spacial score (nSPS) is 10.6. The zero-order valence-electron chi connectivity index (χ0n) is 10.4. The van der Waals surface area contributed by atoms with Crippen LogP contribution in [0.5, 0.6) is 0 Å². The monoisotopic (exact) mass is 261 g/mol. The van der Waals surface area contributed by atoms with Crippen molar-refractivity contribution in [1.82, 2.24) is 4.98 Å². The molecule has 0 fully saturated rings. The minimum absolute atomic E-state index is 0.139. The number of carbonyl (C=O) groups is 1. The third kappa shape index (κ3) is 2.96. The van der Waals surface area contributed by atoms with Crippen molar-refractivity contribution in [3.8, 4) is 10.4 Å². The van der Waals surface area contributed by atoms with Crippen LogP contribution in [0, 0.1) is 13.8 Å². The number of carboxylic acid groups (broad SMARTS) is 1. The number of rotatable bonds is 4. The Morgan fingerprint density at radius 2 is 2.17 bits per heavy atom. The second-order valence-corrected chi connectivity index (χ2v) is 5.45. The zero-order chi connectivity index (χ0) is 13.1. The van der Waals surface area contributed by atoms with Gasteiger partial charge in [0.05, 0.1) is 16.3 Å². The maximum atomic E-state index is 10.5. The van der Waals surface area contributed by atoms with Crippen molar-refractivity contribution in [2.24, 2.45) is 0 Å². The first-order chi connectivity index (χ1) is 8.56. The van der Waals surface area contributed by atoms with Crippen molar-refractivity contribution < 1.29 is 9.90 Å². The third-order valence-corrected chi connectivity index (χ3v) is 3.84. The van der Waals surface area contributed by atoms with Crippen molar-refractivity contribution in [3.63, 3.8) is 0 Å². The van der Waals surface area contributed by atoms with Crippen molar-refractivity contribution in [2.45, 2.75) is 26.7 Å². The van der Waals surface area contributed by atoms with Crippen LogP contribution in [-0.2, 0) is 11.2 Å². The molecule has 2 rings (SSSR count). The molecule has 0 aliphatic rings. The molecule has 1 heterocycles. The molecule has 0 unspecified atom stereocenters. The van der Waals surface area contributed by atoms with Gasteiger partial charge in [-0.1, -0.05) is 23.8 Å². The Kier molecular flexibility index (Phi) is 3.77. The number of aliphatic carboxylic acids is 1. The van der Waals surface area contributed by atoms with E-state index in [1.54, 1.807) is 11.3 Å². The quantitative estimate of drug-likeness (QED) is 0.917. The second kappa shape index (κ2) is 5.31.